The van der Waals surface area contributed by atoms with E-state index in [2.05, 4.69) is 0 Å². The topological polar surface area (TPSA) is 69.7 Å². The summed E-state index contributed by atoms with van der Waals surface area (Å²) in [7, 11) is 0. The van der Waals surface area contributed by atoms with Gasteiger partial charge in [-0.05, 0) is 33.6 Å². The van der Waals surface area contributed by atoms with Gasteiger partial charge in [0.25, 0.3) is 0 Å². The Labute approximate surface area is 177 Å². The molecule has 0 N–H and O–H groups in total. The molecule has 0 aliphatic carbocycles. The summed E-state index contributed by atoms with van der Waals surface area (Å²) in [6.07, 6.45) is 2.16. The summed E-state index contributed by atoms with van der Waals surface area (Å²) in [5.74, 6) is 0. The molecular formula is C16H30KNO4. The fourth-order valence-corrected chi connectivity index (χ4v) is 1.64. The van der Waals surface area contributed by atoms with Gasteiger partial charge in [0.15, 0.2) is 0 Å². The first-order chi connectivity index (χ1) is 9.26. The molecule has 124 valence electrons. The van der Waals surface area contributed by atoms with Crippen LogP contribution in [0.2, 0.25) is 0 Å². The molecule has 0 aromatic rings. The van der Waals surface area contributed by atoms with E-state index in [1.807, 2.05) is 27.7 Å². The Kier molecular flexibility index (Phi) is 11.0. The molecule has 22 heavy (non-hydrogen) atoms. The molecule has 0 radical (unpaired) electrons. The van der Waals surface area contributed by atoms with E-state index in [9.17, 15) is 14.7 Å². The molecule has 0 atom stereocenters. The fourth-order valence-electron chi connectivity index (χ4n) is 1.64. The largest absolute Gasteiger partial charge is 1.00 e. The van der Waals surface area contributed by atoms with E-state index in [1.165, 1.54) is 0 Å². The normalized spacial score (nSPS) is 17.5. The maximum absolute atomic E-state index is 11.7. The fraction of sp³-hybridized carbons (Fsp3) is 0.875. The third kappa shape index (κ3) is 13.0. The van der Waals surface area contributed by atoms with Crippen molar-refractivity contribution in [2.45, 2.75) is 72.5 Å². The summed E-state index contributed by atoms with van der Waals surface area (Å²) in [6, 6.07) is 0. The van der Waals surface area contributed by atoms with Gasteiger partial charge in [0, 0.05) is 18.5 Å². The van der Waals surface area contributed by atoms with Crippen molar-refractivity contribution in [2.24, 2.45) is 5.41 Å². The number of carbonyl (C=O) groups excluding carboxylic acids is 2. The number of hydrogen-bond donors (Lipinski definition) is 0. The molecule has 1 heterocycles. The monoisotopic (exact) mass is 339 g/mol. The molecule has 0 spiro atoms. The van der Waals surface area contributed by atoms with Gasteiger partial charge in [-0.3, -0.25) is 0 Å². The summed E-state index contributed by atoms with van der Waals surface area (Å²) >= 11 is 0. The third-order valence-corrected chi connectivity index (χ3v) is 2.84. The number of aldehydes is 1. The zero-order chi connectivity index (χ0) is 16.9. The molecular weight excluding hydrogens is 309 g/mol. The van der Waals surface area contributed by atoms with Crippen LogP contribution in [0.5, 0.6) is 0 Å². The number of rotatable bonds is 1. The van der Waals surface area contributed by atoms with Crippen LogP contribution in [0.15, 0.2) is 0 Å². The first-order valence-corrected chi connectivity index (χ1v) is 7.40. The summed E-state index contributed by atoms with van der Waals surface area (Å²) in [4.78, 5) is 24.3. The molecule has 1 aliphatic rings. The summed E-state index contributed by atoms with van der Waals surface area (Å²) in [5, 5.41) is 10.1. The van der Waals surface area contributed by atoms with Crippen LogP contribution in [0.25, 0.3) is 0 Å². The maximum atomic E-state index is 11.7. The van der Waals surface area contributed by atoms with Crippen LogP contribution < -0.4 is 56.5 Å². The summed E-state index contributed by atoms with van der Waals surface area (Å²) < 4.78 is 5.28. The molecule has 0 bridgehead atoms. The molecule has 1 saturated heterocycles. The molecule has 0 aromatic heterocycles. The van der Waals surface area contributed by atoms with E-state index in [0.29, 0.717) is 13.1 Å². The van der Waals surface area contributed by atoms with Crippen LogP contribution in [0.1, 0.15) is 61.3 Å². The second-order valence-electron chi connectivity index (χ2n) is 7.85. The minimum atomic E-state index is -0.750. The van der Waals surface area contributed by atoms with Crippen LogP contribution >= 0.6 is 0 Å². The molecule has 0 unspecified atom stereocenters. The van der Waals surface area contributed by atoms with E-state index in [1.54, 1.807) is 25.7 Å². The van der Waals surface area contributed by atoms with E-state index >= 15 is 0 Å². The number of hydrogen-bond acceptors (Lipinski definition) is 4. The Bertz CT molecular complexity index is 344. The van der Waals surface area contributed by atoms with E-state index in [-0.39, 0.29) is 62.9 Å². The Balaban J connectivity index is 0. The van der Waals surface area contributed by atoms with Gasteiger partial charge in [-0.2, -0.15) is 0 Å². The first kappa shape index (κ1) is 24.8. The van der Waals surface area contributed by atoms with Crippen LogP contribution in [0, 0.1) is 5.41 Å². The van der Waals surface area contributed by atoms with Crippen LogP contribution in [0.3, 0.4) is 0 Å². The molecule has 5 nitrogen and oxygen atoms in total. The Hall–Kier alpha value is 0.536. The van der Waals surface area contributed by atoms with Crippen LogP contribution in [-0.2, 0) is 9.53 Å². The first-order valence-electron chi connectivity index (χ1n) is 7.40. The molecule has 0 saturated carbocycles. The number of ether oxygens (including phenoxy) is 1. The average Bonchev–Trinajstić information content (AvgIpc) is 2.25. The number of piperidine rings is 1. The number of carbonyl (C=O) groups is 2. The molecule has 1 rings (SSSR count). The van der Waals surface area contributed by atoms with E-state index < -0.39 is 11.2 Å². The van der Waals surface area contributed by atoms with Crippen molar-refractivity contribution >= 4 is 12.4 Å². The zero-order valence-corrected chi connectivity index (χ0v) is 18.6. The Morgan fingerprint density at radius 2 is 1.50 bits per heavy atom. The average molecular weight is 340 g/mol. The van der Waals surface area contributed by atoms with Gasteiger partial charge in [0.2, 0.25) is 0 Å². The van der Waals surface area contributed by atoms with Gasteiger partial charge in [-0.15, -0.1) is 5.60 Å². The molecule has 6 heteroatoms. The van der Waals surface area contributed by atoms with Crippen molar-refractivity contribution in [1.29, 1.82) is 0 Å². The Morgan fingerprint density at radius 1 is 1.14 bits per heavy atom. The third-order valence-electron chi connectivity index (χ3n) is 2.84. The summed E-state index contributed by atoms with van der Waals surface area (Å²) in [5.41, 5.74) is -1.47. The number of nitrogens with zero attached hydrogens (tertiary/aromatic N) is 1. The summed E-state index contributed by atoms with van der Waals surface area (Å²) in [6.45, 7) is 13.6. The number of likely N-dealkylation sites (tertiary alicyclic amines) is 1. The van der Waals surface area contributed by atoms with Gasteiger partial charge in [-0.25, -0.2) is 4.79 Å². The molecule has 1 amide bonds. The standard InChI is InChI=1S/C12H21NO3.C4H9O.K/c1-11(2,3)16-10(15)13-7-5-12(4,9-14)6-8-13;1-4(2,3)5;/h9H,5-8H2,1-4H3;1-3H3;/q;-1;+1. The van der Waals surface area contributed by atoms with E-state index in [0.717, 1.165) is 19.1 Å². The molecule has 1 fully saturated rings. The molecule has 1 aliphatic heterocycles. The predicted molar refractivity (Wildman–Crippen MR) is 81.0 cm³/mol. The maximum Gasteiger partial charge on any atom is 1.00 e. The van der Waals surface area contributed by atoms with Gasteiger partial charge in [0.05, 0.1) is 0 Å². The van der Waals surface area contributed by atoms with Crippen LogP contribution in [0.4, 0.5) is 4.79 Å². The van der Waals surface area contributed by atoms with Crippen molar-refractivity contribution in [3.63, 3.8) is 0 Å². The van der Waals surface area contributed by atoms with E-state index in [4.69, 9.17) is 4.74 Å². The quantitative estimate of drug-likeness (QED) is 0.471. The van der Waals surface area contributed by atoms with Gasteiger partial charge in [-0.1, -0.05) is 27.7 Å². The Morgan fingerprint density at radius 3 is 1.77 bits per heavy atom. The van der Waals surface area contributed by atoms with Gasteiger partial charge >= 0.3 is 57.5 Å². The van der Waals surface area contributed by atoms with Crippen molar-refractivity contribution in [1.82, 2.24) is 4.90 Å². The smallest absolute Gasteiger partial charge is 0.850 e. The minimum absolute atomic E-state index is 0. The van der Waals surface area contributed by atoms with Gasteiger partial charge in [0.1, 0.15) is 11.9 Å². The zero-order valence-electron chi connectivity index (χ0n) is 15.5. The van der Waals surface area contributed by atoms with Crippen LogP contribution in [-0.4, -0.2) is 41.6 Å². The minimum Gasteiger partial charge on any atom is -0.850 e. The SMILES string of the molecule is CC(C)(C)[O-].CC1(C=O)CCN(C(=O)OC(C)(C)C)CC1.[K+]. The molecule has 0 aromatic carbocycles. The van der Waals surface area contributed by atoms with Crippen molar-refractivity contribution in [3.05, 3.63) is 0 Å². The number of amides is 1. The van der Waals surface area contributed by atoms with Crippen molar-refractivity contribution < 1.29 is 70.8 Å². The predicted octanol–water partition coefficient (Wildman–Crippen LogP) is -0.628. The second kappa shape index (κ2) is 9.74. The van der Waals surface area contributed by atoms with Crippen molar-refractivity contribution in [2.75, 3.05) is 13.1 Å². The van der Waals surface area contributed by atoms with Crippen molar-refractivity contribution in [3.8, 4) is 0 Å². The van der Waals surface area contributed by atoms with Gasteiger partial charge < -0.3 is 19.5 Å². The second-order valence-corrected chi connectivity index (χ2v) is 7.85.